The Morgan fingerprint density at radius 2 is 1.40 bits per heavy atom. The Bertz CT molecular complexity index is 1270. The first-order chi connectivity index (χ1) is 19.0. The van der Waals surface area contributed by atoms with Crippen LogP contribution >= 0.6 is 23.2 Å². The lowest BCUT2D eigenvalue weighted by molar-refractivity contribution is -0.139. The second kappa shape index (κ2) is 12.5. The van der Waals surface area contributed by atoms with E-state index in [1.807, 2.05) is 0 Å². The van der Waals surface area contributed by atoms with Crippen LogP contribution < -0.4 is 20.1 Å². The Labute approximate surface area is 239 Å². The quantitative estimate of drug-likeness (QED) is 0.371. The average molecular weight is 601 g/mol. The molecule has 2 aromatic rings. The summed E-state index contributed by atoms with van der Waals surface area (Å²) in [4.78, 5) is 37.9. The molecule has 0 unspecified atom stereocenters. The largest absolute Gasteiger partial charge is 0.508 e. The number of benzene rings is 2. The number of nitrogens with one attached hydrogen (secondary N) is 2. The number of rotatable bonds is 10. The van der Waals surface area contributed by atoms with Crippen molar-refractivity contribution in [3.8, 4) is 11.5 Å². The molecule has 0 radical (unpaired) electrons. The second-order valence-electron chi connectivity index (χ2n) is 9.76. The smallest absolute Gasteiger partial charge is 0.484 e. The van der Waals surface area contributed by atoms with Crippen molar-refractivity contribution in [1.82, 2.24) is 10.6 Å². The fraction of sp³-hybridized carbons (Fsp3) is 0.444. The Morgan fingerprint density at radius 1 is 0.875 bits per heavy atom. The van der Waals surface area contributed by atoms with E-state index in [4.69, 9.17) is 42.1 Å². The van der Waals surface area contributed by atoms with Crippen molar-refractivity contribution < 1.29 is 42.1 Å². The standard InChI is InChI=1S/C27H28Cl2F2N2O7/c1-2-37-25(36)40-22-13-26(32-23(34)14-38-16-3-5-18(28)20(30)11-16)7-9-27(22,10-8-26)33-24(35)15-39-17-4-6-19(29)21(31)12-17/h3-6,11-12,22H,2,7-10,13-15H2,1H3,(H,32,34)(H,33,35)/t22-,26?,27?/m0/s1. The molecule has 3 aliphatic rings. The van der Waals surface area contributed by atoms with Crippen LogP contribution in [0.4, 0.5) is 13.6 Å². The third-order valence-corrected chi connectivity index (χ3v) is 7.72. The van der Waals surface area contributed by atoms with Gasteiger partial charge in [-0.3, -0.25) is 9.59 Å². The average Bonchev–Trinajstić information content (AvgIpc) is 2.91. The first kappa shape index (κ1) is 29.7. The zero-order valence-electron chi connectivity index (χ0n) is 21.6. The molecule has 0 saturated heterocycles. The normalized spacial score (nSPS) is 23.2. The van der Waals surface area contributed by atoms with Gasteiger partial charge in [0.15, 0.2) is 13.2 Å². The van der Waals surface area contributed by atoms with E-state index in [0.717, 1.165) is 12.1 Å². The van der Waals surface area contributed by atoms with Crippen molar-refractivity contribution in [1.29, 1.82) is 0 Å². The summed E-state index contributed by atoms with van der Waals surface area (Å²) in [5.41, 5.74) is -1.63. The molecule has 2 aromatic carbocycles. The lowest BCUT2D eigenvalue weighted by Crippen LogP contribution is -2.71. The summed E-state index contributed by atoms with van der Waals surface area (Å²) in [6.07, 6.45) is 0.273. The minimum Gasteiger partial charge on any atom is -0.484 e. The summed E-state index contributed by atoms with van der Waals surface area (Å²) >= 11 is 11.4. The van der Waals surface area contributed by atoms with E-state index in [2.05, 4.69) is 10.6 Å². The van der Waals surface area contributed by atoms with Gasteiger partial charge in [-0.2, -0.15) is 0 Å². The minimum atomic E-state index is -0.914. The third kappa shape index (κ3) is 7.06. The van der Waals surface area contributed by atoms with Gasteiger partial charge in [0, 0.05) is 24.1 Å². The topological polar surface area (TPSA) is 112 Å². The van der Waals surface area contributed by atoms with Crippen molar-refractivity contribution >= 4 is 41.2 Å². The highest BCUT2D eigenvalue weighted by Gasteiger charge is 2.57. The highest BCUT2D eigenvalue weighted by atomic mass is 35.5. The van der Waals surface area contributed by atoms with Crippen molar-refractivity contribution in [3.63, 3.8) is 0 Å². The summed E-state index contributed by atoms with van der Waals surface area (Å²) in [5, 5.41) is 5.79. The Balaban J connectivity index is 1.39. The van der Waals surface area contributed by atoms with Gasteiger partial charge in [0.1, 0.15) is 29.2 Å². The number of fused-ring (bicyclic) bond motifs is 3. The summed E-state index contributed by atoms with van der Waals surface area (Å²) < 4.78 is 48.7. The molecular weight excluding hydrogens is 573 g/mol. The predicted molar refractivity (Wildman–Crippen MR) is 141 cm³/mol. The maximum atomic E-state index is 13.7. The summed E-state index contributed by atoms with van der Waals surface area (Å²) in [7, 11) is 0. The van der Waals surface area contributed by atoms with Gasteiger partial charge in [-0.15, -0.1) is 0 Å². The summed E-state index contributed by atoms with van der Waals surface area (Å²) in [6, 6.07) is 7.70. The predicted octanol–water partition coefficient (Wildman–Crippen LogP) is 4.96. The second-order valence-corrected chi connectivity index (χ2v) is 10.6. The maximum Gasteiger partial charge on any atom is 0.508 e. The SMILES string of the molecule is CCOC(=O)O[C@H]1CC2(NC(=O)COc3ccc(Cl)c(F)c3)CCC1(NC(=O)COc1ccc(Cl)c(F)c1)CC2. The van der Waals surface area contributed by atoms with E-state index < -0.39 is 53.4 Å². The first-order valence-electron chi connectivity index (χ1n) is 12.6. The van der Waals surface area contributed by atoms with Gasteiger partial charge in [0.05, 0.1) is 22.2 Å². The van der Waals surface area contributed by atoms with Gasteiger partial charge in [-0.1, -0.05) is 23.2 Å². The molecule has 2 amide bonds. The van der Waals surface area contributed by atoms with Crippen LogP contribution in [0, 0.1) is 11.6 Å². The highest BCUT2D eigenvalue weighted by molar-refractivity contribution is 6.31. The van der Waals surface area contributed by atoms with Gasteiger partial charge in [-0.25, -0.2) is 13.6 Å². The van der Waals surface area contributed by atoms with Gasteiger partial charge >= 0.3 is 6.16 Å². The molecule has 3 fully saturated rings. The Hall–Kier alpha value is -3.31. The Kier molecular flexibility index (Phi) is 9.25. The fourth-order valence-electron chi connectivity index (χ4n) is 5.13. The number of amides is 2. The molecule has 0 spiro atoms. The molecule has 3 aliphatic carbocycles. The highest BCUT2D eigenvalue weighted by Crippen LogP contribution is 2.48. The van der Waals surface area contributed by atoms with Gasteiger partial charge in [0.2, 0.25) is 0 Å². The molecule has 9 nitrogen and oxygen atoms in total. The minimum absolute atomic E-state index is 0.0613. The number of carbonyl (C=O) groups is 3. The third-order valence-electron chi connectivity index (χ3n) is 7.11. The molecule has 0 heterocycles. The van der Waals surface area contributed by atoms with Crippen LogP contribution in [0.2, 0.25) is 10.0 Å². The molecule has 3 saturated carbocycles. The summed E-state index contributed by atoms with van der Waals surface area (Å²) in [5.74, 6) is -1.99. The molecule has 1 atom stereocenters. The van der Waals surface area contributed by atoms with E-state index in [9.17, 15) is 23.2 Å². The van der Waals surface area contributed by atoms with Crippen LogP contribution in [-0.2, 0) is 19.1 Å². The van der Waals surface area contributed by atoms with Gasteiger partial charge < -0.3 is 29.6 Å². The van der Waals surface area contributed by atoms with Crippen molar-refractivity contribution in [2.75, 3.05) is 19.8 Å². The number of halogens is 4. The molecule has 13 heteroatoms. The van der Waals surface area contributed by atoms with Crippen LogP contribution in [0.25, 0.3) is 0 Å². The first-order valence-corrected chi connectivity index (χ1v) is 13.4. The van der Waals surface area contributed by atoms with Crippen LogP contribution in [0.15, 0.2) is 36.4 Å². The van der Waals surface area contributed by atoms with Crippen LogP contribution in [0.5, 0.6) is 11.5 Å². The summed E-state index contributed by atoms with van der Waals surface area (Å²) in [6.45, 7) is 0.966. The molecule has 2 bridgehead atoms. The molecule has 216 valence electrons. The van der Waals surface area contributed by atoms with E-state index in [1.165, 1.54) is 24.3 Å². The van der Waals surface area contributed by atoms with Crippen molar-refractivity contribution in [2.45, 2.75) is 56.2 Å². The molecule has 40 heavy (non-hydrogen) atoms. The van der Waals surface area contributed by atoms with Gasteiger partial charge in [-0.05, 0) is 56.9 Å². The fourth-order valence-corrected chi connectivity index (χ4v) is 5.37. The lowest BCUT2D eigenvalue weighted by Gasteiger charge is -2.56. The van der Waals surface area contributed by atoms with Crippen molar-refractivity contribution in [3.05, 3.63) is 58.1 Å². The number of ether oxygens (including phenoxy) is 4. The monoisotopic (exact) mass is 600 g/mol. The molecule has 0 aromatic heterocycles. The number of hydrogen-bond acceptors (Lipinski definition) is 7. The van der Waals surface area contributed by atoms with Crippen LogP contribution in [0.3, 0.4) is 0 Å². The zero-order chi connectivity index (χ0) is 28.9. The van der Waals surface area contributed by atoms with Crippen molar-refractivity contribution in [2.24, 2.45) is 0 Å². The lowest BCUT2D eigenvalue weighted by atomic mass is 9.59. The number of carbonyl (C=O) groups excluding carboxylic acids is 3. The zero-order valence-corrected chi connectivity index (χ0v) is 23.1. The molecule has 2 N–H and O–H groups in total. The van der Waals surface area contributed by atoms with E-state index in [-0.39, 0.29) is 41.2 Å². The molecule has 0 aliphatic heterocycles. The van der Waals surface area contributed by atoms with E-state index in [0.29, 0.717) is 25.7 Å². The number of hydrogen-bond donors (Lipinski definition) is 2. The Morgan fingerprint density at radius 3 is 1.90 bits per heavy atom. The van der Waals surface area contributed by atoms with E-state index in [1.54, 1.807) is 6.92 Å². The van der Waals surface area contributed by atoms with Crippen LogP contribution in [-0.4, -0.2) is 55.0 Å². The molecular formula is C27H28Cl2F2N2O7. The maximum absolute atomic E-state index is 13.7. The van der Waals surface area contributed by atoms with Gasteiger partial charge in [0.25, 0.3) is 11.8 Å². The molecule has 5 rings (SSSR count). The van der Waals surface area contributed by atoms with E-state index >= 15 is 0 Å². The van der Waals surface area contributed by atoms with Crippen LogP contribution in [0.1, 0.15) is 39.0 Å².